The fraction of sp³-hybridized carbons (Fsp3) is 0.280. The molecule has 0 atom stereocenters. The predicted molar refractivity (Wildman–Crippen MR) is 130 cm³/mol. The lowest BCUT2D eigenvalue weighted by molar-refractivity contribution is 0.00825. The molecule has 178 valence electrons. The molecule has 2 saturated heterocycles. The number of hydrogen-bond donors (Lipinski definition) is 0. The van der Waals surface area contributed by atoms with Gasteiger partial charge in [0.2, 0.25) is 0 Å². The normalized spacial score (nSPS) is 17.1. The van der Waals surface area contributed by atoms with Gasteiger partial charge in [-0.3, -0.25) is 14.5 Å². The van der Waals surface area contributed by atoms with E-state index in [-0.39, 0.29) is 17.6 Å². The van der Waals surface area contributed by atoms with Crippen molar-refractivity contribution in [3.63, 3.8) is 0 Å². The minimum atomic E-state index is -0.282. The first kappa shape index (κ1) is 21.9. The number of pyridine rings is 1. The standard InChI is InChI=1S/C25H23FN6O2S/c26-17-1-3-18(4-2-17)32-9-7-20-22(32)6-5-21(28-20)24(33)31-15-19(16-31)29-10-12-30(13-11-29)25(34)23-27-8-14-35-23/h1-9,14,19H,10-13,15-16H2. The first-order valence-corrected chi connectivity index (χ1v) is 12.4. The third-order valence-corrected chi connectivity index (χ3v) is 7.51. The first-order chi connectivity index (χ1) is 17.1. The van der Waals surface area contributed by atoms with Gasteiger partial charge in [-0.05, 0) is 42.5 Å². The van der Waals surface area contributed by atoms with Crippen molar-refractivity contribution in [2.75, 3.05) is 39.3 Å². The smallest absolute Gasteiger partial charge is 0.282 e. The molecule has 0 unspecified atom stereocenters. The van der Waals surface area contributed by atoms with Gasteiger partial charge in [-0.1, -0.05) is 0 Å². The minimum absolute atomic E-state index is 0.000193. The maximum Gasteiger partial charge on any atom is 0.282 e. The average molecular weight is 491 g/mol. The molecule has 0 bridgehead atoms. The summed E-state index contributed by atoms with van der Waals surface area (Å²) in [6, 6.07) is 12.1. The second-order valence-corrected chi connectivity index (χ2v) is 9.69. The number of aromatic nitrogens is 3. The number of benzene rings is 1. The lowest BCUT2D eigenvalue weighted by Gasteiger charge is -2.47. The molecular formula is C25H23FN6O2S. The highest BCUT2D eigenvalue weighted by Gasteiger charge is 2.37. The number of nitrogens with zero attached hydrogens (tertiary/aromatic N) is 6. The number of rotatable bonds is 4. The predicted octanol–water partition coefficient (Wildman–Crippen LogP) is 2.90. The second kappa shape index (κ2) is 8.86. The molecule has 1 aromatic carbocycles. The van der Waals surface area contributed by atoms with E-state index in [1.807, 2.05) is 38.1 Å². The topological polar surface area (TPSA) is 74.6 Å². The van der Waals surface area contributed by atoms with Crippen molar-refractivity contribution in [2.24, 2.45) is 0 Å². The first-order valence-electron chi connectivity index (χ1n) is 11.5. The lowest BCUT2D eigenvalue weighted by Crippen LogP contribution is -2.64. The van der Waals surface area contributed by atoms with Crippen LogP contribution in [-0.4, -0.2) is 86.4 Å². The molecule has 10 heteroatoms. The molecule has 8 nitrogen and oxygen atoms in total. The maximum absolute atomic E-state index is 13.3. The van der Waals surface area contributed by atoms with Gasteiger partial charge in [0.05, 0.1) is 11.0 Å². The number of hydrogen-bond acceptors (Lipinski definition) is 6. The SMILES string of the molecule is O=C(c1ccc2c(ccn2-c2ccc(F)cc2)n1)N1CC(N2CCN(C(=O)c3nccs3)CC2)C1. The quantitative estimate of drug-likeness (QED) is 0.440. The van der Waals surface area contributed by atoms with Crippen molar-refractivity contribution in [1.29, 1.82) is 0 Å². The Morgan fingerprint density at radius 1 is 0.914 bits per heavy atom. The monoisotopic (exact) mass is 490 g/mol. The maximum atomic E-state index is 13.3. The van der Waals surface area contributed by atoms with Gasteiger partial charge in [0.25, 0.3) is 11.8 Å². The lowest BCUT2D eigenvalue weighted by atomic mass is 10.0. The highest BCUT2D eigenvalue weighted by molar-refractivity contribution is 7.11. The van der Waals surface area contributed by atoms with E-state index in [9.17, 15) is 14.0 Å². The Hall–Kier alpha value is -3.63. The van der Waals surface area contributed by atoms with E-state index in [1.165, 1.54) is 23.5 Å². The van der Waals surface area contributed by atoms with E-state index in [4.69, 9.17) is 0 Å². The van der Waals surface area contributed by atoms with Crippen LogP contribution in [-0.2, 0) is 0 Å². The third-order valence-electron chi connectivity index (χ3n) is 6.75. The summed E-state index contributed by atoms with van der Waals surface area (Å²) in [5.41, 5.74) is 2.84. The van der Waals surface area contributed by atoms with E-state index in [0.29, 0.717) is 42.9 Å². The third kappa shape index (κ3) is 4.08. The number of fused-ring (bicyclic) bond motifs is 1. The summed E-state index contributed by atoms with van der Waals surface area (Å²) < 4.78 is 15.2. The Bertz CT molecular complexity index is 1370. The van der Waals surface area contributed by atoms with Gasteiger partial charge in [0.15, 0.2) is 5.01 Å². The Kier molecular flexibility index (Phi) is 5.54. The summed E-state index contributed by atoms with van der Waals surface area (Å²) in [7, 11) is 0. The summed E-state index contributed by atoms with van der Waals surface area (Å²) in [6.45, 7) is 4.26. The van der Waals surface area contributed by atoms with E-state index in [1.54, 1.807) is 24.4 Å². The van der Waals surface area contributed by atoms with E-state index in [0.717, 1.165) is 29.8 Å². The summed E-state index contributed by atoms with van der Waals surface area (Å²) in [5.74, 6) is -0.356. The Morgan fingerprint density at radius 3 is 2.40 bits per heavy atom. The molecule has 0 radical (unpaired) electrons. The second-order valence-electron chi connectivity index (χ2n) is 8.79. The molecule has 0 saturated carbocycles. The van der Waals surface area contributed by atoms with Crippen LogP contribution in [0, 0.1) is 5.82 Å². The zero-order valence-electron chi connectivity index (χ0n) is 18.9. The molecule has 0 spiro atoms. The van der Waals surface area contributed by atoms with Crippen LogP contribution in [0.2, 0.25) is 0 Å². The molecule has 5 heterocycles. The largest absolute Gasteiger partial charge is 0.334 e. The van der Waals surface area contributed by atoms with Crippen LogP contribution in [0.15, 0.2) is 60.2 Å². The molecule has 2 amide bonds. The van der Waals surface area contributed by atoms with Crippen LogP contribution in [0.25, 0.3) is 16.7 Å². The van der Waals surface area contributed by atoms with E-state index < -0.39 is 0 Å². The molecule has 35 heavy (non-hydrogen) atoms. The molecule has 2 aliphatic heterocycles. The highest BCUT2D eigenvalue weighted by Crippen LogP contribution is 2.23. The number of piperazine rings is 1. The van der Waals surface area contributed by atoms with Gasteiger partial charge in [0.1, 0.15) is 11.5 Å². The van der Waals surface area contributed by atoms with Crippen molar-refractivity contribution in [3.8, 4) is 5.69 Å². The fourth-order valence-corrected chi connectivity index (χ4v) is 5.34. The highest BCUT2D eigenvalue weighted by atomic mass is 32.1. The van der Waals surface area contributed by atoms with Crippen LogP contribution in [0.4, 0.5) is 4.39 Å². The van der Waals surface area contributed by atoms with Gasteiger partial charge in [0, 0.05) is 68.8 Å². The summed E-state index contributed by atoms with van der Waals surface area (Å²) in [6.07, 6.45) is 3.53. The van der Waals surface area contributed by atoms with Crippen LogP contribution in [0.3, 0.4) is 0 Å². The number of halogens is 1. The van der Waals surface area contributed by atoms with E-state index in [2.05, 4.69) is 14.9 Å². The Morgan fingerprint density at radius 2 is 1.69 bits per heavy atom. The molecule has 2 aliphatic rings. The van der Waals surface area contributed by atoms with Crippen LogP contribution < -0.4 is 0 Å². The molecule has 2 fully saturated rings. The van der Waals surface area contributed by atoms with Crippen LogP contribution >= 0.6 is 11.3 Å². The summed E-state index contributed by atoms with van der Waals surface area (Å²) in [4.78, 5) is 40.2. The molecule has 0 N–H and O–H groups in total. The number of carbonyl (C=O) groups is 2. The fourth-order valence-electron chi connectivity index (χ4n) is 4.73. The summed E-state index contributed by atoms with van der Waals surface area (Å²) >= 11 is 1.37. The molecule has 4 aromatic rings. The number of carbonyl (C=O) groups excluding carboxylic acids is 2. The van der Waals surface area contributed by atoms with Crippen LogP contribution in [0.5, 0.6) is 0 Å². The Labute approximate surface area is 205 Å². The van der Waals surface area contributed by atoms with Gasteiger partial charge in [-0.15, -0.1) is 11.3 Å². The zero-order chi connectivity index (χ0) is 23.9. The molecular weight excluding hydrogens is 467 g/mol. The van der Waals surface area contributed by atoms with Crippen molar-refractivity contribution in [3.05, 3.63) is 76.8 Å². The Balaban J connectivity index is 1.06. The van der Waals surface area contributed by atoms with Crippen LogP contribution in [0.1, 0.15) is 20.3 Å². The van der Waals surface area contributed by atoms with Crippen molar-refractivity contribution in [1.82, 2.24) is 29.2 Å². The van der Waals surface area contributed by atoms with Gasteiger partial charge in [-0.2, -0.15) is 0 Å². The van der Waals surface area contributed by atoms with Crippen molar-refractivity contribution >= 4 is 34.2 Å². The number of thiazole rings is 1. The van der Waals surface area contributed by atoms with E-state index >= 15 is 0 Å². The molecule has 0 aliphatic carbocycles. The average Bonchev–Trinajstić information content (AvgIpc) is 3.54. The van der Waals surface area contributed by atoms with Crippen molar-refractivity contribution < 1.29 is 14.0 Å². The minimum Gasteiger partial charge on any atom is -0.334 e. The molecule has 6 rings (SSSR count). The number of likely N-dealkylation sites (tertiary alicyclic amines) is 1. The molecule has 3 aromatic heterocycles. The number of amides is 2. The zero-order valence-corrected chi connectivity index (χ0v) is 19.7. The van der Waals surface area contributed by atoms with Gasteiger partial charge < -0.3 is 14.4 Å². The van der Waals surface area contributed by atoms with Gasteiger partial charge >= 0.3 is 0 Å². The summed E-state index contributed by atoms with van der Waals surface area (Å²) in [5, 5.41) is 2.35. The van der Waals surface area contributed by atoms with Gasteiger partial charge in [-0.25, -0.2) is 14.4 Å². The van der Waals surface area contributed by atoms with Crippen molar-refractivity contribution in [2.45, 2.75) is 6.04 Å².